The minimum absolute atomic E-state index is 0.0170. The molecule has 0 N–H and O–H groups in total. The van der Waals surface area contributed by atoms with E-state index in [0.717, 1.165) is 23.2 Å². The highest BCUT2D eigenvalue weighted by atomic mass is 32.2. The number of hydrogen-bond donors (Lipinski definition) is 0. The molecule has 1 atom stereocenters. The molecule has 5 heteroatoms. The predicted molar refractivity (Wildman–Crippen MR) is 152 cm³/mol. The van der Waals surface area contributed by atoms with Crippen LogP contribution in [-0.4, -0.2) is 22.1 Å². The van der Waals surface area contributed by atoms with Crippen molar-refractivity contribution in [1.29, 1.82) is 0 Å². The molecule has 0 bridgehead atoms. The Bertz CT molecular complexity index is 1300. The molecule has 184 valence electrons. The second-order valence-electron chi connectivity index (χ2n) is 9.40. The van der Waals surface area contributed by atoms with Crippen LogP contribution in [-0.2, 0) is 11.2 Å². The van der Waals surface area contributed by atoms with E-state index in [4.69, 9.17) is 4.99 Å². The van der Waals surface area contributed by atoms with Gasteiger partial charge < -0.3 is 0 Å². The van der Waals surface area contributed by atoms with E-state index in [2.05, 4.69) is 32.9 Å². The molecule has 3 aromatic rings. The summed E-state index contributed by atoms with van der Waals surface area (Å²) in [6, 6.07) is 23.7. The van der Waals surface area contributed by atoms with Gasteiger partial charge in [-0.15, -0.1) is 0 Å². The van der Waals surface area contributed by atoms with Gasteiger partial charge in [0.15, 0.2) is 11.0 Å². The number of benzene rings is 3. The van der Waals surface area contributed by atoms with Gasteiger partial charge in [-0.05, 0) is 61.1 Å². The smallest absolute Gasteiger partial charge is 0.283 e. The number of aryl methyl sites for hydroxylation is 2. The van der Waals surface area contributed by atoms with Gasteiger partial charge >= 0.3 is 0 Å². The Hall–Kier alpha value is -3.44. The molecule has 1 amide bonds. The van der Waals surface area contributed by atoms with Crippen molar-refractivity contribution in [1.82, 2.24) is 0 Å². The monoisotopic (exact) mass is 496 g/mol. The Morgan fingerprint density at radius 3 is 2.17 bits per heavy atom. The number of thioether (sulfide) groups is 1. The Morgan fingerprint density at radius 2 is 1.58 bits per heavy atom. The van der Waals surface area contributed by atoms with Crippen molar-refractivity contribution in [3.8, 4) is 0 Å². The number of carbonyl (C=O) groups excluding carboxylic acids is 2. The zero-order valence-electron chi connectivity index (χ0n) is 21.5. The number of anilines is 1. The summed E-state index contributed by atoms with van der Waals surface area (Å²) < 4.78 is 0. The number of amides is 1. The summed E-state index contributed by atoms with van der Waals surface area (Å²) in [6.45, 7) is 10.3. The van der Waals surface area contributed by atoms with Gasteiger partial charge in [0.05, 0.1) is 10.9 Å². The fourth-order valence-electron chi connectivity index (χ4n) is 3.98. The van der Waals surface area contributed by atoms with Crippen LogP contribution in [0.2, 0.25) is 0 Å². The highest BCUT2D eigenvalue weighted by Crippen LogP contribution is 2.32. The number of carbonyl (C=O) groups is 2. The molecule has 1 unspecified atom stereocenters. The molecule has 0 aromatic heterocycles. The number of hydrogen-bond acceptors (Lipinski definition) is 4. The fourth-order valence-corrected chi connectivity index (χ4v) is 4.99. The highest BCUT2D eigenvalue weighted by molar-refractivity contribution is 8.15. The van der Waals surface area contributed by atoms with Gasteiger partial charge in [0.2, 0.25) is 0 Å². The molecule has 1 aliphatic heterocycles. The van der Waals surface area contributed by atoms with E-state index >= 15 is 0 Å². The molecule has 0 aliphatic carbocycles. The summed E-state index contributed by atoms with van der Waals surface area (Å²) in [7, 11) is 0. The second kappa shape index (κ2) is 11.1. The first-order chi connectivity index (χ1) is 17.3. The quantitative estimate of drug-likeness (QED) is 0.252. The van der Waals surface area contributed by atoms with E-state index < -0.39 is 5.25 Å². The summed E-state index contributed by atoms with van der Waals surface area (Å²) in [5.74, 6) is 0.264. The number of amidine groups is 1. The summed E-state index contributed by atoms with van der Waals surface area (Å²) in [5, 5.41) is 0.113. The summed E-state index contributed by atoms with van der Waals surface area (Å²) in [5.41, 5.74) is 6.23. The third-order valence-electron chi connectivity index (χ3n) is 6.33. The van der Waals surface area contributed by atoms with Gasteiger partial charge in [-0.1, -0.05) is 98.8 Å². The Kier molecular flexibility index (Phi) is 7.90. The van der Waals surface area contributed by atoms with E-state index in [0.29, 0.717) is 22.3 Å². The first-order valence-electron chi connectivity index (χ1n) is 12.4. The van der Waals surface area contributed by atoms with Crippen molar-refractivity contribution in [3.05, 3.63) is 106 Å². The summed E-state index contributed by atoms with van der Waals surface area (Å²) in [4.78, 5) is 33.0. The van der Waals surface area contributed by atoms with Crippen LogP contribution >= 0.6 is 11.8 Å². The molecular weight excluding hydrogens is 464 g/mol. The van der Waals surface area contributed by atoms with Crippen LogP contribution in [0.15, 0.2) is 83.5 Å². The molecule has 0 saturated heterocycles. The predicted octanol–water partition coefficient (Wildman–Crippen LogP) is 7.43. The van der Waals surface area contributed by atoms with E-state index in [-0.39, 0.29) is 11.7 Å². The zero-order chi connectivity index (χ0) is 25.8. The van der Waals surface area contributed by atoms with Crippen LogP contribution in [0.5, 0.6) is 0 Å². The van der Waals surface area contributed by atoms with E-state index in [1.54, 1.807) is 4.90 Å². The van der Waals surface area contributed by atoms with Gasteiger partial charge in [0.25, 0.3) is 5.91 Å². The van der Waals surface area contributed by atoms with Gasteiger partial charge in [-0.2, -0.15) is 0 Å². The van der Waals surface area contributed by atoms with Crippen molar-refractivity contribution >= 4 is 40.4 Å². The number of ketones is 1. The number of rotatable bonds is 7. The first kappa shape index (κ1) is 25.6. The second-order valence-corrected chi connectivity index (χ2v) is 10.7. The summed E-state index contributed by atoms with van der Waals surface area (Å²) in [6.07, 6.45) is 2.75. The molecule has 1 aliphatic rings. The van der Waals surface area contributed by atoms with Crippen molar-refractivity contribution < 1.29 is 9.59 Å². The maximum Gasteiger partial charge on any atom is 0.283 e. The molecule has 4 rings (SSSR count). The molecule has 0 radical (unpaired) electrons. The third-order valence-corrected chi connectivity index (χ3v) is 7.38. The number of nitrogens with zero attached hydrogens (tertiary/aromatic N) is 2. The maximum absolute atomic E-state index is 13.5. The molecule has 0 saturated carbocycles. The van der Waals surface area contributed by atoms with Crippen molar-refractivity contribution in [2.75, 3.05) is 4.90 Å². The Labute approximate surface area is 218 Å². The normalized spacial score (nSPS) is 15.5. The molecule has 36 heavy (non-hydrogen) atoms. The molecule has 3 aromatic carbocycles. The van der Waals surface area contributed by atoms with E-state index in [1.807, 2.05) is 80.6 Å². The van der Waals surface area contributed by atoms with Gasteiger partial charge in [0, 0.05) is 5.56 Å². The molecule has 0 fully saturated rings. The molecule has 0 spiro atoms. The minimum atomic E-state index is -0.401. The lowest BCUT2D eigenvalue weighted by Gasteiger charge is -2.20. The van der Waals surface area contributed by atoms with Crippen molar-refractivity contribution in [3.63, 3.8) is 0 Å². The average Bonchev–Trinajstić information content (AvgIpc) is 3.18. The van der Waals surface area contributed by atoms with Gasteiger partial charge in [0.1, 0.15) is 5.70 Å². The first-order valence-corrected chi connectivity index (χ1v) is 13.3. The SMILES string of the molecule is CCc1ccc(C(=O)C(C)SC2=NC(=Cc3ccc(C(C)C)cc3)C(=O)N2c2ccc(C)cc2)cc1. The zero-order valence-corrected chi connectivity index (χ0v) is 22.3. The standard InChI is InChI=1S/C31H32N2O2S/c1-6-23-9-15-26(16-10-23)29(34)22(5)36-31-32-28(19-24-11-13-25(14-12-24)20(2)3)30(35)33(31)27-17-7-21(4)8-18-27/h7-20,22H,6H2,1-5H3. The van der Waals surface area contributed by atoms with Crippen LogP contribution in [0.3, 0.4) is 0 Å². The van der Waals surface area contributed by atoms with Crippen molar-refractivity contribution in [2.24, 2.45) is 4.99 Å². The topological polar surface area (TPSA) is 49.7 Å². The van der Waals surface area contributed by atoms with Crippen LogP contribution in [0.1, 0.15) is 66.2 Å². The van der Waals surface area contributed by atoms with Crippen LogP contribution in [0, 0.1) is 6.92 Å². The van der Waals surface area contributed by atoms with Crippen molar-refractivity contribution in [2.45, 2.75) is 52.2 Å². The third kappa shape index (κ3) is 5.68. The van der Waals surface area contributed by atoms with E-state index in [9.17, 15) is 9.59 Å². The van der Waals surface area contributed by atoms with Crippen LogP contribution < -0.4 is 4.90 Å². The molecule has 4 nitrogen and oxygen atoms in total. The largest absolute Gasteiger partial charge is 0.293 e. The lowest BCUT2D eigenvalue weighted by molar-refractivity contribution is -0.113. The van der Waals surface area contributed by atoms with E-state index in [1.165, 1.54) is 22.9 Å². The van der Waals surface area contributed by atoms with Gasteiger partial charge in [-0.25, -0.2) is 4.99 Å². The lowest BCUT2D eigenvalue weighted by Crippen LogP contribution is -2.32. The lowest BCUT2D eigenvalue weighted by atomic mass is 10.0. The average molecular weight is 497 g/mol. The fraction of sp³-hybridized carbons (Fsp3) is 0.258. The summed E-state index contributed by atoms with van der Waals surface area (Å²) >= 11 is 1.32. The number of Topliss-reactive ketones (excluding diaryl/α,β-unsaturated/α-hetero) is 1. The van der Waals surface area contributed by atoms with Crippen LogP contribution in [0.4, 0.5) is 5.69 Å². The Balaban J connectivity index is 1.64. The highest BCUT2D eigenvalue weighted by Gasteiger charge is 2.34. The minimum Gasteiger partial charge on any atom is -0.293 e. The maximum atomic E-state index is 13.5. The molecule has 1 heterocycles. The van der Waals surface area contributed by atoms with Crippen LogP contribution in [0.25, 0.3) is 6.08 Å². The number of aliphatic imine (C=N–C) groups is 1. The Morgan fingerprint density at radius 1 is 0.944 bits per heavy atom. The molecular formula is C31H32N2O2S. The van der Waals surface area contributed by atoms with Gasteiger partial charge in [-0.3, -0.25) is 14.5 Å².